The summed E-state index contributed by atoms with van der Waals surface area (Å²) in [4.78, 5) is 4.00. The van der Waals surface area contributed by atoms with Crippen LogP contribution in [0, 0.1) is 0 Å². The van der Waals surface area contributed by atoms with Gasteiger partial charge in [-0.2, -0.15) is 8.78 Å². The fourth-order valence-corrected chi connectivity index (χ4v) is 1.50. The molecule has 0 unspecified atom stereocenters. The van der Waals surface area contributed by atoms with Crippen molar-refractivity contribution >= 4 is 5.69 Å². The zero-order chi connectivity index (χ0) is 13.0. The fraction of sp³-hybridized carbons (Fsp3) is 0.250. The standard InChI is InChI=1S/C12H13F2N3O/c1-17-8-15-6-10(17)7-16-9-2-4-11(5-3-9)18-12(13)14/h2-6,8,12,16H,7H2,1H3. The maximum absolute atomic E-state index is 12.0. The topological polar surface area (TPSA) is 39.1 Å². The number of aromatic nitrogens is 2. The molecular formula is C12H13F2N3O. The summed E-state index contributed by atoms with van der Waals surface area (Å²) in [6.45, 7) is -2.18. The van der Waals surface area contributed by atoms with Crippen molar-refractivity contribution in [1.29, 1.82) is 0 Å². The third-order valence-electron chi connectivity index (χ3n) is 2.47. The van der Waals surface area contributed by atoms with Gasteiger partial charge < -0.3 is 14.6 Å². The summed E-state index contributed by atoms with van der Waals surface area (Å²) in [7, 11) is 1.91. The number of rotatable bonds is 5. The highest BCUT2D eigenvalue weighted by molar-refractivity contribution is 5.46. The van der Waals surface area contributed by atoms with E-state index < -0.39 is 6.61 Å². The highest BCUT2D eigenvalue weighted by Crippen LogP contribution is 2.18. The number of aryl methyl sites for hydroxylation is 1. The number of nitrogens with one attached hydrogen (secondary N) is 1. The van der Waals surface area contributed by atoms with Gasteiger partial charge in [0.15, 0.2) is 0 Å². The molecule has 0 saturated carbocycles. The monoisotopic (exact) mass is 253 g/mol. The molecule has 1 aromatic carbocycles. The van der Waals surface area contributed by atoms with Gasteiger partial charge >= 0.3 is 6.61 Å². The van der Waals surface area contributed by atoms with Crippen LogP contribution in [0.3, 0.4) is 0 Å². The number of nitrogens with zero attached hydrogens (tertiary/aromatic N) is 2. The number of benzene rings is 1. The van der Waals surface area contributed by atoms with Crippen molar-refractivity contribution in [3.8, 4) is 5.75 Å². The van der Waals surface area contributed by atoms with Gasteiger partial charge in [0.2, 0.25) is 0 Å². The number of halogens is 2. The number of anilines is 1. The Morgan fingerprint density at radius 2 is 2.06 bits per heavy atom. The van der Waals surface area contributed by atoms with Gasteiger partial charge in [0, 0.05) is 18.9 Å². The molecule has 0 radical (unpaired) electrons. The predicted octanol–water partition coefficient (Wildman–Crippen LogP) is 2.63. The fourth-order valence-electron chi connectivity index (χ4n) is 1.50. The van der Waals surface area contributed by atoms with Gasteiger partial charge in [-0.3, -0.25) is 0 Å². The van der Waals surface area contributed by atoms with Crippen LogP contribution in [0.2, 0.25) is 0 Å². The van der Waals surface area contributed by atoms with E-state index in [1.165, 1.54) is 12.1 Å². The van der Waals surface area contributed by atoms with Gasteiger partial charge in [0.1, 0.15) is 5.75 Å². The highest BCUT2D eigenvalue weighted by Gasteiger charge is 2.03. The van der Waals surface area contributed by atoms with E-state index in [1.54, 1.807) is 24.7 Å². The van der Waals surface area contributed by atoms with Crippen molar-refractivity contribution in [2.45, 2.75) is 13.2 Å². The minimum atomic E-state index is -2.79. The van der Waals surface area contributed by atoms with E-state index in [-0.39, 0.29) is 5.75 Å². The molecule has 96 valence electrons. The summed E-state index contributed by atoms with van der Waals surface area (Å²) in [5.74, 6) is 0.149. The Labute approximate surface area is 103 Å². The van der Waals surface area contributed by atoms with Gasteiger partial charge in [-0.15, -0.1) is 0 Å². The molecule has 2 rings (SSSR count). The van der Waals surface area contributed by atoms with Crippen LogP contribution in [0.4, 0.5) is 14.5 Å². The third-order valence-corrected chi connectivity index (χ3v) is 2.47. The maximum atomic E-state index is 12.0. The normalized spacial score (nSPS) is 10.7. The van der Waals surface area contributed by atoms with Crippen molar-refractivity contribution < 1.29 is 13.5 Å². The van der Waals surface area contributed by atoms with Crippen LogP contribution >= 0.6 is 0 Å². The van der Waals surface area contributed by atoms with E-state index in [0.717, 1.165) is 11.4 Å². The third kappa shape index (κ3) is 3.19. The lowest BCUT2D eigenvalue weighted by Gasteiger charge is -2.08. The van der Waals surface area contributed by atoms with E-state index in [2.05, 4.69) is 15.0 Å². The van der Waals surface area contributed by atoms with Crippen LogP contribution < -0.4 is 10.1 Å². The maximum Gasteiger partial charge on any atom is 0.387 e. The molecule has 1 N–H and O–H groups in total. The van der Waals surface area contributed by atoms with E-state index in [9.17, 15) is 8.78 Å². The number of imidazole rings is 1. The summed E-state index contributed by atoms with van der Waals surface area (Å²) in [5, 5.41) is 3.16. The van der Waals surface area contributed by atoms with E-state index >= 15 is 0 Å². The Kier molecular flexibility index (Phi) is 3.76. The molecule has 0 aliphatic carbocycles. The molecule has 0 aliphatic rings. The van der Waals surface area contributed by atoms with Gasteiger partial charge in [-0.1, -0.05) is 0 Å². The van der Waals surface area contributed by atoms with Gasteiger partial charge in [-0.25, -0.2) is 4.98 Å². The molecule has 0 spiro atoms. The molecule has 0 atom stereocenters. The lowest BCUT2D eigenvalue weighted by atomic mass is 10.3. The highest BCUT2D eigenvalue weighted by atomic mass is 19.3. The number of hydrogen-bond donors (Lipinski definition) is 1. The molecular weight excluding hydrogens is 240 g/mol. The lowest BCUT2D eigenvalue weighted by Crippen LogP contribution is -2.04. The van der Waals surface area contributed by atoms with Crippen LogP contribution in [0.15, 0.2) is 36.8 Å². The smallest absolute Gasteiger partial charge is 0.387 e. The van der Waals surface area contributed by atoms with Gasteiger partial charge in [0.25, 0.3) is 0 Å². The molecule has 0 fully saturated rings. The molecule has 18 heavy (non-hydrogen) atoms. The zero-order valence-electron chi connectivity index (χ0n) is 9.81. The Morgan fingerprint density at radius 1 is 1.33 bits per heavy atom. The largest absolute Gasteiger partial charge is 0.435 e. The van der Waals surface area contributed by atoms with Crippen molar-refractivity contribution in [3.05, 3.63) is 42.5 Å². The first-order chi connectivity index (χ1) is 8.65. The molecule has 2 aromatic rings. The average Bonchev–Trinajstić information content (AvgIpc) is 2.73. The number of hydrogen-bond acceptors (Lipinski definition) is 3. The van der Waals surface area contributed by atoms with E-state index in [4.69, 9.17) is 0 Å². The molecule has 4 nitrogen and oxygen atoms in total. The summed E-state index contributed by atoms with van der Waals surface area (Å²) >= 11 is 0. The van der Waals surface area contributed by atoms with Crippen LogP contribution in [-0.4, -0.2) is 16.2 Å². The molecule has 0 saturated heterocycles. The molecule has 0 aliphatic heterocycles. The summed E-state index contributed by atoms with van der Waals surface area (Å²) < 4.78 is 30.1. The lowest BCUT2D eigenvalue weighted by molar-refractivity contribution is -0.0498. The van der Waals surface area contributed by atoms with Gasteiger partial charge in [0.05, 0.1) is 18.6 Å². The van der Waals surface area contributed by atoms with Crippen LogP contribution in [0.5, 0.6) is 5.75 Å². The molecule has 0 bridgehead atoms. The van der Waals surface area contributed by atoms with Crippen molar-refractivity contribution in [1.82, 2.24) is 9.55 Å². The minimum absolute atomic E-state index is 0.149. The first kappa shape index (κ1) is 12.3. The van der Waals surface area contributed by atoms with E-state index in [1.807, 2.05) is 11.6 Å². The molecule has 6 heteroatoms. The van der Waals surface area contributed by atoms with Crippen molar-refractivity contribution in [2.75, 3.05) is 5.32 Å². The Bertz CT molecular complexity index is 496. The van der Waals surface area contributed by atoms with Gasteiger partial charge in [-0.05, 0) is 24.3 Å². The minimum Gasteiger partial charge on any atom is -0.435 e. The second-order valence-corrected chi connectivity index (χ2v) is 3.75. The zero-order valence-corrected chi connectivity index (χ0v) is 9.81. The first-order valence-corrected chi connectivity index (χ1v) is 5.39. The van der Waals surface area contributed by atoms with E-state index in [0.29, 0.717) is 6.54 Å². The molecule has 1 heterocycles. The second kappa shape index (κ2) is 5.48. The van der Waals surface area contributed by atoms with Crippen LogP contribution in [0.25, 0.3) is 0 Å². The SMILES string of the molecule is Cn1cncc1CNc1ccc(OC(F)F)cc1. The Hall–Kier alpha value is -2.11. The molecule has 0 amide bonds. The first-order valence-electron chi connectivity index (χ1n) is 5.39. The molecule has 1 aromatic heterocycles. The van der Waals surface area contributed by atoms with Crippen LogP contribution in [0.1, 0.15) is 5.69 Å². The van der Waals surface area contributed by atoms with Crippen molar-refractivity contribution in [3.63, 3.8) is 0 Å². The van der Waals surface area contributed by atoms with Crippen LogP contribution in [-0.2, 0) is 13.6 Å². The quantitative estimate of drug-likeness (QED) is 0.890. The van der Waals surface area contributed by atoms with Crippen molar-refractivity contribution in [2.24, 2.45) is 7.05 Å². The summed E-state index contributed by atoms with van der Waals surface area (Å²) in [6, 6.07) is 6.37. The number of alkyl halides is 2. The predicted molar refractivity (Wildman–Crippen MR) is 63.6 cm³/mol. The Balaban J connectivity index is 1.92. The Morgan fingerprint density at radius 3 is 2.61 bits per heavy atom. The second-order valence-electron chi connectivity index (χ2n) is 3.75. The summed E-state index contributed by atoms with van der Waals surface area (Å²) in [6.07, 6.45) is 3.48. The summed E-state index contributed by atoms with van der Waals surface area (Å²) in [5.41, 5.74) is 1.86. The number of ether oxygens (including phenoxy) is 1. The average molecular weight is 253 g/mol.